The first-order chi connectivity index (χ1) is 8.77. The fraction of sp³-hybridized carbons (Fsp3) is 0.588. The minimum Gasteiger partial charge on any atom is -0.302 e. The SMILES string of the molecule is Cc1ccc(C(C)(C)C)cc1C(CCC#N)N(C)C. The van der Waals surface area contributed by atoms with E-state index in [0.29, 0.717) is 12.5 Å². The van der Waals surface area contributed by atoms with E-state index < -0.39 is 0 Å². The fourth-order valence-corrected chi connectivity index (χ4v) is 2.36. The van der Waals surface area contributed by atoms with E-state index >= 15 is 0 Å². The van der Waals surface area contributed by atoms with E-state index in [9.17, 15) is 0 Å². The third kappa shape index (κ3) is 4.08. The number of nitrogens with zero attached hydrogens (tertiary/aromatic N) is 2. The molecule has 0 fully saturated rings. The van der Waals surface area contributed by atoms with Crippen LogP contribution < -0.4 is 0 Å². The molecule has 19 heavy (non-hydrogen) atoms. The highest BCUT2D eigenvalue weighted by molar-refractivity contribution is 5.36. The van der Waals surface area contributed by atoms with E-state index in [0.717, 1.165) is 6.42 Å². The molecule has 2 heteroatoms. The summed E-state index contributed by atoms with van der Waals surface area (Å²) in [6.07, 6.45) is 1.49. The Morgan fingerprint density at radius 2 is 1.89 bits per heavy atom. The van der Waals surface area contributed by atoms with E-state index in [1.165, 1.54) is 16.7 Å². The summed E-state index contributed by atoms with van der Waals surface area (Å²) in [5.41, 5.74) is 4.18. The number of aryl methyl sites for hydroxylation is 1. The Hall–Kier alpha value is -1.33. The summed E-state index contributed by atoms with van der Waals surface area (Å²) >= 11 is 0. The molecule has 0 saturated carbocycles. The van der Waals surface area contributed by atoms with E-state index in [4.69, 9.17) is 5.26 Å². The third-order valence-corrected chi connectivity index (χ3v) is 3.66. The van der Waals surface area contributed by atoms with Crippen LogP contribution in [0.3, 0.4) is 0 Å². The summed E-state index contributed by atoms with van der Waals surface area (Å²) in [7, 11) is 4.18. The van der Waals surface area contributed by atoms with Gasteiger partial charge in [0, 0.05) is 12.5 Å². The Kier molecular flexibility index (Phi) is 5.14. The Balaban J connectivity index is 3.19. The Morgan fingerprint density at radius 3 is 2.37 bits per heavy atom. The van der Waals surface area contributed by atoms with Gasteiger partial charge in [-0.1, -0.05) is 39.0 Å². The first kappa shape index (κ1) is 15.7. The van der Waals surface area contributed by atoms with Gasteiger partial charge in [-0.2, -0.15) is 5.26 Å². The maximum atomic E-state index is 8.83. The van der Waals surface area contributed by atoms with Gasteiger partial charge < -0.3 is 4.90 Å². The summed E-state index contributed by atoms with van der Waals surface area (Å²) in [4.78, 5) is 2.21. The molecule has 0 N–H and O–H groups in total. The largest absolute Gasteiger partial charge is 0.302 e. The minimum atomic E-state index is 0.161. The highest BCUT2D eigenvalue weighted by Gasteiger charge is 2.20. The molecular weight excluding hydrogens is 232 g/mol. The lowest BCUT2D eigenvalue weighted by Crippen LogP contribution is -2.22. The van der Waals surface area contributed by atoms with Gasteiger partial charge in [0.15, 0.2) is 0 Å². The molecule has 1 unspecified atom stereocenters. The van der Waals surface area contributed by atoms with Crippen LogP contribution in [0, 0.1) is 18.3 Å². The zero-order chi connectivity index (χ0) is 14.6. The normalized spacial score (nSPS) is 13.4. The predicted octanol–water partition coefficient (Wildman–Crippen LogP) is 4.20. The molecule has 0 aliphatic heterocycles. The van der Waals surface area contributed by atoms with Crippen LogP contribution in [0.4, 0.5) is 0 Å². The smallest absolute Gasteiger partial charge is 0.0622 e. The van der Waals surface area contributed by atoms with Gasteiger partial charge in [-0.05, 0) is 49.5 Å². The lowest BCUT2D eigenvalue weighted by atomic mass is 9.83. The lowest BCUT2D eigenvalue weighted by molar-refractivity contribution is 0.285. The van der Waals surface area contributed by atoms with Crippen LogP contribution in [0.2, 0.25) is 0 Å². The quantitative estimate of drug-likeness (QED) is 0.809. The van der Waals surface area contributed by atoms with Crippen LogP contribution in [0.15, 0.2) is 18.2 Å². The lowest BCUT2D eigenvalue weighted by Gasteiger charge is -2.28. The van der Waals surface area contributed by atoms with Crippen molar-refractivity contribution in [2.45, 2.75) is 52.0 Å². The standard InChI is InChI=1S/C17H26N2/c1-13-9-10-14(17(2,3)4)12-15(13)16(19(5)6)8-7-11-18/h9-10,12,16H,7-8H2,1-6H3. The Labute approximate surface area is 118 Å². The van der Waals surface area contributed by atoms with Crippen molar-refractivity contribution in [3.8, 4) is 6.07 Å². The van der Waals surface area contributed by atoms with Crippen molar-refractivity contribution in [2.24, 2.45) is 0 Å². The van der Waals surface area contributed by atoms with E-state index in [1.54, 1.807) is 0 Å². The highest BCUT2D eigenvalue weighted by atomic mass is 15.1. The second-order valence-corrected chi connectivity index (χ2v) is 6.50. The molecule has 2 nitrogen and oxygen atoms in total. The molecule has 0 spiro atoms. The molecule has 0 aliphatic carbocycles. The molecule has 1 aromatic rings. The molecule has 1 aromatic carbocycles. The number of nitriles is 1. The molecule has 1 atom stereocenters. The van der Waals surface area contributed by atoms with E-state index in [1.807, 2.05) is 0 Å². The number of hydrogen-bond donors (Lipinski definition) is 0. The second kappa shape index (κ2) is 6.21. The van der Waals surface area contributed by atoms with Gasteiger partial charge in [0.05, 0.1) is 6.07 Å². The fourth-order valence-electron chi connectivity index (χ4n) is 2.36. The summed E-state index contributed by atoms with van der Waals surface area (Å²) in [5.74, 6) is 0. The Morgan fingerprint density at radius 1 is 1.26 bits per heavy atom. The van der Waals surface area contributed by atoms with Crippen LogP contribution in [-0.4, -0.2) is 19.0 Å². The molecule has 0 amide bonds. The van der Waals surface area contributed by atoms with Crippen molar-refractivity contribution in [2.75, 3.05) is 14.1 Å². The summed E-state index contributed by atoms with van der Waals surface area (Å²) in [6, 6.07) is 9.32. The zero-order valence-corrected chi connectivity index (χ0v) is 13.1. The number of benzene rings is 1. The van der Waals surface area contributed by atoms with Gasteiger partial charge in [0.1, 0.15) is 0 Å². The third-order valence-electron chi connectivity index (χ3n) is 3.66. The van der Waals surface area contributed by atoms with Crippen molar-refractivity contribution in [3.05, 3.63) is 34.9 Å². The van der Waals surface area contributed by atoms with Gasteiger partial charge in [0.25, 0.3) is 0 Å². The number of rotatable bonds is 4. The van der Waals surface area contributed by atoms with Gasteiger partial charge in [0.2, 0.25) is 0 Å². The second-order valence-electron chi connectivity index (χ2n) is 6.50. The maximum absolute atomic E-state index is 8.83. The van der Waals surface area contributed by atoms with Crippen LogP contribution in [0.1, 0.15) is 56.3 Å². The summed E-state index contributed by atoms with van der Waals surface area (Å²) in [5, 5.41) is 8.83. The van der Waals surface area contributed by atoms with Crippen molar-refractivity contribution in [3.63, 3.8) is 0 Å². The average Bonchev–Trinajstić information content (AvgIpc) is 2.29. The van der Waals surface area contributed by atoms with E-state index in [-0.39, 0.29) is 5.41 Å². The summed E-state index contributed by atoms with van der Waals surface area (Å²) in [6.45, 7) is 8.87. The highest BCUT2D eigenvalue weighted by Crippen LogP contribution is 2.31. The van der Waals surface area contributed by atoms with Crippen LogP contribution >= 0.6 is 0 Å². The molecule has 1 rings (SSSR count). The predicted molar refractivity (Wildman–Crippen MR) is 81.2 cm³/mol. The van der Waals surface area contributed by atoms with Crippen molar-refractivity contribution in [1.82, 2.24) is 4.90 Å². The maximum Gasteiger partial charge on any atom is 0.0622 e. The molecule has 0 aliphatic rings. The first-order valence-electron chi connectivity index (χ1n) is 6.91. The summed E-state index contributed by atoms with van der Waals surface area (Å²) < 4.78 is 0. The Bertz CT molecular complexity index is 461. The van der Waals surface area contributed by atoms with Crippen molar-refractivity contribution >= 4 is 0 Å². The molecular formula is C17H26N2. The molecule has 104 valence electrons. The zero-order valence-electron chi connectivity index (χ0n) is 13.1. The first-order valence-corrected chi connectivity index (χ1v) is 6.91. The van der Waals surface area contributed by atoms with Gasteiger partial charge in [-0.25, -0.2) is 0 Å². The van der Waals surface area contributed by atoms with Crippen LogP contribution in [-0.2, 0) is 5.41 Å². The van der Waals surface area contributed by atoms with Crippen molar-refractivity contribution < 1.29 is 0 Å². The molecule has 0 bridgehead atoms. The van der Waals surface area contributed by atoms with E-state index in [2.05, 4.69) is 71.0 Å². The van der Waals surface area contributed by atoms with Crippen LogP contribution in [0.5, 0.6) is 0 Å². The van der Waals surface area contributed by atoms with Crippen molar-refractivity contribution in [1.29, 1.82) is 5.26 Å². The molecule has 0 radical (unpaired) electrons. The topological polar surface area (TPSA) is 27.0 Å². The molecule has 0 aromatic heterocycles. The molecule has 0 saturated heterocycles. The minimum absolute atomic E-state index is 0.161. The monoisotopic (exact) mass is 258 g/mol. The number of hydrogen-bond acceptors (Lipinski definition) is 2. The van der Waals surface area contributed by atoms with Gasteiger partial charge >= 0.3 is 0 Å². The molecule has 0 heterocycles. The average molecular weight is 258 g/mol. The van der Waals surface area contributed by atoms with Gasteiger partial charge in [-0.15, -0.1) is 0 Å². The van der Waals surface area contributed by atoms with Gasteiger partial charge in [-0.3, -0.25) is 0 Å². The van der Waals surface area contributed by atoms with Crippen LogP contribution in [0.25, 0.3) is 0 Å².